The Bertz CT molecular complexity index is 388. The van der Waals surface area contributed by atoms with E-state index in [1.165, 1.54) is 12.1 Å². The van der Waals surface area contributed by atoms with E-state index in [2.05, 4.69) is 5.32 Å². The molecule has 0 aliphatic heterocycles. The molecule has 0 unspecified atom stereocenters. The van der Waals surface area contributed by atoms with Crippen LogP contribution < -0.4 is 5.32 Å². The van der Waals surface area contributed by atoms with Gasteiger partial charge in [-0.15, -0.1) is 0 Å². The fraction of sp³-hybridized carbons (Fsp3) is 0.364. The van der Waals surface area contributed by atoms with Crippen LogP contribution in [0.25, 0.3) is 0 Å². The molecular formula is C11H14FNO2. The highest BCUT2D eigenvalue weighted by Crippen LogP contribution is 2.23. The average molecular weight is 211 g/mol. The molecule has 15 heavy (non-hydrogen) atoms. The number of carbonyl (C=O) groups is 1. The number of carboxylic acid groups (broad SMARTS) is 1. The van der Waals surface area contributed by atoms with Crippen molar-refractivity contribution < 1.29 is 14.3 Å². The molecule has 0 amide bonds. The Labute approximate surface area is 87.9 Å². The van der Waals surface area contributed by atoms with E-state index in [-0.39, 0.29) is 17.3 Å². The Morgan fingerprint density at radius 1 is 1.47 bits per heavy atom. The number of rotatable bonds is 3. The van der Waals surface area contributed by atoms with E-state index < -0.39 is 11.8 Å². The van der Waals surface area contributed by atoms with E-state index in [1.807, 2.05) is 13.8 Å². The fourth-order valence-electron chi connectivity index (χ4n) is 1.29. The summed E-state index contributed by atoms with van der Waals surface area (Å²) >= 11 is 0. The summed E-state index contributed by atoms with van der Waals surface area (Å²) in [7, 11) is 0. The Morgan fingerprint density at radius 2 is 2.07 bits per heavy atom. The zero-order valence-electron chi connectivity index (χ0n) is 8.97. The molecule has 0 fully saturated rings. The zero-order chi connectivity index (χ0) is 11.6. The molecule has 4 heteroatoms. The molecule has 0 spiro atoms. The summed E-state index contributed by atoms with van der Waals surface area (Å²) in [5, 5.41) is 11.7. The lowest BCUT2D eigenvalue weighted by atomic mass is 10.1. The maximum Gasteiger partial charge on any atom is 0.337 e. The number of benzene rings is 1. The van der Waals surface area contributed by atoms with E-state index >= 15 is 0 Å². The predicted octanol–water partition coefficient (Wildman–Crippen LogP) is 2.65. The van der Waals surface area contributed by atoms with Crippen LogP contribution >= 0.6 is 0 Å². The zero-order valence-corrected chi connectivity index (χ0v) is 8.97. The topological polar surface area (TPSA) is 49.3 Å². The lowest BCUT2D eigenvalue weighted by Crippen LogP contribution is -2.15. The molecule has 0 aromatic heterocycles. The van der Waals surface area contributed by atoms with Crippen molar-refractivity contribution in [1.82, 2.24) is 0 Å². The smallest absolute Gasteiger partial charge is 0.337 e. The molecule has 0 heterocycles. The predicted molar refractivity (Wildman–Crippen MR) is 56.9 cm³/mol. The molecule has 1 aromatic rings. The minimum absolute atomic E-state index is 0.0144. The van der Waals surface area contributed by atoms with Crippen LogP contribution in [-0.4, -0.2) is 17.1 Å². The quantitative estimate of drug-likeness (QED) is 0.808. The third-order valence-corrected chi connectivity index (χ3v) is 2.00. The Balaban J connectivity index is 3.28. The Hall–Kier alpha value is -1.58. The lowest BCUT2D eigenvalue weighted by molar-refractivity contribution is 0.0697. The number of nitrogens with one attached hydrogen (secondary N) is 1. The second kappa shape index (κ2) is 4.29. The highest BCUT2D eigenvalue weighted by atomic mass is 19.1. The number of hydrogen-bond acceptors (Lipinski definition) is 2. The van der Waals surface area contributed by atoms with Gasteiger partial charge in [-0.2, -0.15) is 0 Å². The molecule has 1 aromatic carbocycles. The maximum atomic E-state index is 13.7. The number of aryl methyl sites for hydroxylation is 1. The number of halogens is 1. The summed E-state index contributed by atoms with van der Waals surface area (Å²) in [4.78, 5) is 10.9. The van der Waals surface area contributed by atoms with Crippen LogP contribution in [-0.2, 0) is 0 Å². The van der Waals surface area contributed by atoms with Crippen LogP contribution in [0.3, 0.4) is 0 Å². The van der Waals surface area contributed by atoms with Crippen molar-refractivity contribution in [2.75, 3.05) is 5.32 Å². The van der Waals surface area contributed by atoms with Gasteiger partial charge in [0.2, 0.25) is 0 Å². The number of carboxylic acids is 1. The van der Waals surface area contributed by atoms with Crippen molar-refractivity contribution in [3.8, 4) is 0 Å². The first-order valence-corrected chi connectivity index (χ1v) is 4.72. The fourth-order valence-corrected chi connectivity index (χ4v) is 1.29. The molecule has 82 valence electrons. The maximum absolute atomic E-state index is 13.7. The summed E-state index contributed by atoms with van der Waals surface area (Å²) in [6.07, 6.45) is 0. The molecule has 0 aliphatic carbocycles. The van der Waals surface area contributed by atoms with E-state index in [1.54, 1.807) is 6.92 Å². The van der Waals surface area contributed by atoms with Crippen LogP contribution in [0, 0.1) is 12.7 Å². The summed E-state index contributed by atoms with van der Waals surface area (Å²) < 4.78 is 13.7. The number of aromatic carboxylic acids is 1. The normalized spacial score (nSPS) is 10.5. The minimum atomic E-state index is -1.13. The van der Waals surface area contributed by atoms with Gasteiger partial charge in [0.1, 0.15) is 5.82 Å². The third kappa shape index (κ3) is 2.46. The average Bonchev–Trinajstić information content (AvgIpc) is 2.12. The largest absolute Gasteiger partial charge is 0.478 e. The monoisotopic (exact) mass is 211 g/mol. The summed E-state index contributed by atoms with van der Waals surface area (Å²) in [5.74, 6) is -1.62. The van der Waals surface area contributed by atoms with E-state index in [9.17, 15) is 9.18 Å². The van der Waals surface area contributed by atoms with E-state index in [0.29, 0.717) is 5.56 Å². The van der Waals surface area contributed by atoms with Crippen molar-refractivity contribution in [3.63, 3.8) is 0 Å². The summed E-state index contributed by atoms with van der Waals surface area (Å²) in [5.41, 5.74) is 0.465. The summed E-state index contributed by atoms with van der Waals surface area (Å²) in [6, 6.07) is 2.86. The summed E-state index contributed by atoms with van der Waals surface area (Å²) in [6.45, 7) is 5.26. The third-order valence-electron chi connectivity index (χ3n) is 2.00. The van der Waals surface area contributed by atoms with Crippen molar-refractivity contribution in [2.24, 2.45) is 0 Å². The molecule has 0 bridgehead atoms. The molecule has 0 radical (unpaired) electrons. The molecular weight excluding hydrogens is 197 g/mol. The Morgan fingerprint density at radius 3 is 2.53 bits per heavy atom. The van der Waals surface area contributed by atoms with Gasteiger partial charge in [0.25, 0.3) is 0 Å². The van der Waals surface area contributed by atoms with Crippen molar-refractivity contribution >= 4 is 11.7 Å². The van der Waals surface area contributed by atoms with Gasteiger partial charge in [0.05, 0.1) is 11.3 Å². The van der Waals surface area contributed by atoms with Crippen molar-refractivity contribution in [3.05, 3.63) is 29.1 Å². The minimum Gasteiger partial charge on any atom is -0.478 e. The van der Waals surface area contributed by atoms with Gasteiger partial charge in [-0.1, -0.05) is 6.07 Å². The van der Waals surface area contributed by atoms with Crippen LogP contribution in [0.4, 0.5) is 10.1 Å². The van der Waals surface area contributed by atoms with Crippen LogP contribution in [0.15, 0.2) is 12.1 Å². The van der Waals surface area contributed by atoms with Gasteiger partial charge in [-0.25, -0.2) is 9.18 Å². The Kier molecular flexibility index (Phi) is 3.29. The highest BCUT2D eigenvalue weighted by molar-refractivity contribution is 5.94. The van der Waals surface area contributed by atoms with Crippen LogP contribution in [0.5, 0.6) is 0 Å². The van der Waals surface area contributed by atoms with Gasteiger partial charge < -0.3 is 10.4 Å². The number of hydrogen-bond donors (Lipinski definition) is 2. The molecule has 0 saturated heterocycles. The van der Waals surface area contributed by atoms with E-state index in [0.717, 1.165) is 0 Å². The first-order chi connectivity index (χ1) is 6.93. The molecule has 3 nitrogen and oxygen atoms in total. The van der Waals surface area contributed by atoms with Crippen molar-refractivity contribution in [1.29, 1.82) is 0 Å². The van der Waals surface area contributed by atoms with Gasteiger partial charge in [-0.05, 0) is 32.4 Å². The first kappa shape index (κ1) is 11.5. The van der Waals surface area contributed by atoms with Crippen molar-refractivity contribution in [2.45, 2.75) is 26.8 Å². The van der Waals surface area contributed by atoms with Crippen LogP contribution in [0.2, 0.25) is 0 Å². The second-order valence-corrected chi connectivity index (χ2v) is 3.72. The first-order valence-electron chi connectivity index (χ1n) is 4.72. The molecule has 0 saturated carbocycles. The SMILES string of the molecule is Cc1ccc(C(=O)O)c(NC(C)C)c1F. The molecule has 0 atom stereocenters. The number of anilines is 1. The van der Waals surface area contributed by atoms with E-state index in [4.69, 9.17) is 5.11 Å². The molecule has 2 N–H and O–H groups in total. The standard InChI is InChI=1S/C11H14FNO2/c1-6(2)13-10-8(11(14)15)5-4-7(3)9(10)12/h4-6,13H,1-3H3,(H,14,15). The van der Waals surface area contributed by atoms with Gasteiger partial charge in [0, 0.05) is 6.04 Å². The highest BCUT2D eigenvalue weighted by Gasteiger charge is 2.16. The van der Waals surface area contributed by atoms with Crippen LogP contribution in [0.1, 0.15) is 29.8 Å². The van der Waals surface area contributed by atoms with Gasteiger partial charge >= 0.3 is 5.97 Å². The van der Waals surface area contributed by atoms with Gasteiger partial charge in [0.15, 0.2) is 0 Å². The molecule has 0 aliphatic rings. The van der Waals surface area contributed by atoms with Gasteiger partial charge in [-0.3, -0.25) is 0 Å². The lowest BCUT2D eigenvalue weighted by Gasteiger charge is -2.14. The molecule has 1 rings (SSSR count). The second-order valence-electron chi connectivity index (χ2n) is 3.72.